The Morgan fingerprint density at radius 3 is 2.59 bits per heavy atom. The van der Waals surface area contributed by atoms with Crippen molar-refractivity contribution in [3.05, 3.63) is 47.6 Å². The van der Waals surface area contributed by atoms with Crippen LogP contribution in [0.4, 0.5) is 11.5 Å². The van der Waals surface area contributed by atoms with Gasteiger partial charge in [-0.05, 0) is 24.3 Å². The lowest BCUT2D eigenvalue weighted by atomic mass is 10.2. The van der Waals surface area contributed by atoms with E-state index in [4.69, 9.17) is 16.3 Å². The maximum Gasteiger partial charge on any atom is 0.142 e. The van der Waals surface area contributed by atoms with Gasteiger partial charge >= 0.3 is 0 Å². The van der Waals surface area contributed by atoms with Gasteiger partial charge in [-0.2, -0.15) is 0 Å². The van der Waals surface area contributed by atoms with Crippen LogP contribution in [0.3, 0.4) is 0 Å². The Morgan fingerprint density at radius 2 is 1.88 bits per heavy atom. The predicted molar refractivity (Wildman–Crippen MR) is 70.3 cm³/mol. The van der Waals surface area contributed by atoms with Gasteiger partial charge in [-0.15, -0.1) is 0 Å². The van der Waals surface area contributed by atoms with E-state index in [-0.39, 0.29) is 0 Å². The van der Waals surface area contributed by atoms with Crippen molar-refractivity contribution in [1.29, 1.82) is 0 Å². The van der Waals surface area contributed by atoms with E-state index in [1.165, 1.54) is 0 Å². The fourth-order valence-corrected chi connectivity index (χ4v) is 1.77. The number of anilines is 2. The van der Waals surface area contributed by atoms with Gasteiger partial charge in [0.15, 0.2) is 0 Å². The summed E-state index contributed by atoms with van der Waals surface area (Å²) in [6.07, 6.45) is 0. The van der Waals surface area contributed by atoms with E-state index in [1.807, 2.05) is 48.3 Å². The predicted octanol–water partition coefficient (Wildman–Crippen LogP) is 3.51. The first-order valence-corrected chi connectivity index (χ1v) is 5.59. The number of nitrogens with zero attached hydrogens (tertiary/aromatic N) is 2. The molecule has 0 aliphatic carbocycles. The zero-order chi connectivity index (χ0) is 12.3. The van der Waals surface area contributed by atoms with E-state index in [2.05, 4.69) is 4.98 Å². The maximum atomic E-state index is 5.88. The van der Waals surface area contributed by atoms with Crippen LogP contribution in [0.1, 0.15) is 0 Å². The second-order valence-electron chi connectivity index (χ2n) is 3.55. The smallest absolute Gasteiger partial charge is 0.142 e. The van der Waals surface area contributed by atoms with Crippen LogP contribution < -0.4 is 9.64 Å². The zero-order valence-corrected chi connectivity index (χ0v) is 10.5. The molecule has 0 fully saturated rings. The summed E-state index contributed by atoms with van der Waals surface area (Å²) in [6.45, 7) is 0. The van der Waals surface area contributed by atoms with Crippen molar-refractivity contribution in [3.8, 4) is 5.75 Å². The molecule has 1 aromatic carbocycles. The monoisotopic (exact) mass is 248 g/mol. The number of pyridine rings is 1. The minimum absolute atomic E-state index is 0.476. The van der Waals surface area contributed by atoms with Crippen LogP contribution in [-0.2, 0) is 0 Å². The summed E-state index contributed by atoms with van der Waals surface area (Å²) < 4.78 is 5.32. The van der Waals surface area contributed by atoms with Gasteiger partial charge in [0.2, 0.25) is 0 Å². The molecule has 0 spiro atoms. The van der Waals surface area contributed by atoms with Gasteiger partial charge in [-0.25, -0.2) is 4.98 Å². The molecular weight excluding hydrogens is 236 g/mol. The number of rotatable bonds is 3. The lowest BCUT2D eigenvalue weighted by Crippen LogP contribution is -2.12. The number of ether oxygens (including phenoxy) is 1. The van der Waals surface area contributed by atoms with E-state index in [9.17, 15) is 0 Å². The molecule has 0 unspecified atom stereocenters. The largest absolute Gasteiger partial charge is 0.495 e. The molecule has 2 aromatic rings. The summed E-state index contributed by atoms with van der Waals surface area (Å²) in [7, 11) is 3.58. The van der Waals surface area contributed by atoms with Crippen LogP contribution in [0.15, 0.2) is 42.5 Å². The van der Waals surface area contributed by atoms with Crippen LogP contribution >= 0.6 is 11.6 Å². The first kappa shape index (κ1) is 11.7. The maximum absolute atomic E-state index is 5.88. The van der Waals surface area contributed by atoms with Crippen molar-refractivity contribution >= 4 is 23.1 Å². The number of methoxy groups -OCH3 is 1. The number of hydrogen-bond donors (Lipinski definition) is 0. The Morgan fingerprint density at radius 1 is 1.12 bits per heavy atom. The van der Waals surface area contributed by atoms with E-state index < -0.39 is 0 Å². The number of halogens is 1. The molecule has 2 rings (SSSR count). The molecule has 1 heterocycles. The van der Waals surface area contributed by atoms with Crippen molar-refractivity contribution in [1.82, 2.24) is 4.98 Å². The third kappa shape index (κ3) is 2.50. The molecule has 0 aliphatic heterocycles. The Labute approximate surface area is 106 Å². The van der Waals surface area contributed by atoms with Crippen molar-refractivity contribution in [2.75, 3.05) is 19.1 Å². The normalized spacial score (nSPS) is 10.1. The third-order valence-electron chi connectivity index (χ3n) is 2.49. The topological polar surface area (TPSA) is 25.4 Å². The highest BCUT2D eigenvalue weighted by atomic mass is 35.5. The summed E-state index contributed by atoms with van der Waals surface area (Å²) in [5, 5.41) is 0.476. The fraction of sp³-hybridized carbons (Fsp3) is 0.154. The van der Waals surface area contributed by atoms with E-state index in [0.717, 1.165) is 17.3 Å². The second kappa shape index (κ2) is 5.06. The number of para-hydroxylation sites is 2. The van der Waals surface area contributed by atoms with E-state index >= 15 is 0 Å². The summed E-state index contributed by atoms with van der Waals surface area (Å²) in [5.41, 5.74) is 0.949. The SMILES string of the molecule is COc1ccccc1N(C)c1cccc(Cl)n1. The highest BCUT2D eigenvalue weighted by Crippen LogP contribution is 2.31. The summed E-state index contributed by atoms with van der Waals surface area (Å²) in [5.74, 6) is 1.58. The van der Waals surface area contributed by atoms with Gasteiger partial charge in [0, 0.05) is 7.05 Å². The average molecular weight is 249 g/mol. The number of hydrogen-bond acceptors (Lipinski definition) is 3. The van der Waals surface area contributed by atoms with Crippen LogP contribution in [-0.4, -0.2) is 19.1 Å². The highest BCUT2D eigenvalue weighted by Gasteiger charge is 2.10. The number of benzene rings is 1. The molecule has 3 nitrogen and oxygen atoms in total. The van der Waals surface area contributed by atoms with Gasteiger partial charge in [0.05, 0.1) is 12.8 Å². The minimum Gasteiger partial charge on any atom is -0.495 e. The molecule has 0 N–H and O–H groups in total. The van der Waals surface area contributed by atoms with Crippen molar-refractivity contribution < 1.29 is 4.74 Å². The van der Waals surface area contributed by atoms with Crippen molar-refractivity contribution in [2.24, 2.45) is 0 Å². The van der Waals surface area contributed by atoms with Crippen molar-refractivity contribution in [3.63, 3.8) is 0 Å². The second-order valence-corrected chi connectivity index (χ2v) is 3.94. The van der Waals surface area contributed by atoms with Gasteiger partial charge in [0.1, 0.15) is 16.7 Å². The minimum atomic E-state index is 0.476. The van der Waals surface area contributed by atoms with Gasteiger partial charge in [0.25, 0.3) is 0 Å². The molecule has 0 aliphatic rings. The van der Waals surface area contributed by atoms with Crippen molar-refractivity contribution in [2.45, 2.75) is 0 Å². The lowest BCUT2D eigenvalue weighted by molar-refractivity contribution is 0.415. The molecule has 88 valence electrons. The van der Waals surface area contributed by atoms with Crippen LogP contribution in [0.5, 0.6) is 5.75 Å². The van der Waals surface area contributed by atoms with Crippen LogP contribution in [0.2, 0.25) is 5.15 Å². The van der Waals surface area contributed by atoms with Crippen LogP contribution in [0, 0.1) is 0 Å². The molecule has 17 heavy (non-hydrogen) atoms. The summed E-state index contributed by atoms with van der Waals surface area (Å²) in [6, 6.07) is 13.3. The molecule has 0 saturated carbocycles. The zero-order valence-electron chi connectivity index (χ0n) is 9.72. The quantitative estimate of drug-likeness (QED) is 0.778. The molecule has 0 saturated heterocycles. The molecule has 0 atom stereocenters. The third-order valence-corrected chi connectivity index (χ3v) is 2.70. The molecule has 0 amide bonds. The molecule has 0 radical (unpaired) electrons. The molecular formula is C13H13ClN2O. The molecule has 0 bridgehead atoms. The summed E-state index contributed by atoms with van der Waals surface area (Å²) in [4.78, 5) is 6.20. The fourth-order valence-electron chi connectivity index (χ4n) is 1.61. The first-order valence-electron chi connectivity index (χ1n) is 5.21. The molecule has 1 aromatic heterocycles. The average Bonchev–Trinajstić information content (AvgIpc) is 2.38. The Balaban J connectivity index is 2.40. The first-order chi connectivity index (χ1) is 8.22. The molecule has 4 heteroatoms. The van der Waals surface area contributed by atoms with Crippen LogP contribution in [0.25, 0.3) is 0 Å². The lowest BCUT2D eigenvalue weighted by Gasteiger charge is -2.20. The highest BCUT2D eigenvalue weighted by molar-refractivity contribution is 6.29. The summed E-state index contributed by atoms with van der Waals surface area (Å²) >= 11 is 5.88. The Bertz CT molecular complexity index is 516. The Kier molecular flexibility index (Phi) is 3.49. The Hall–Kier alpha value is -1.74. The van der Waals surface area contributed by atoms with Gasteiger partial charge in [-0.1, -0.05) is 29.8 Å². The van der Waals surface area contributed by atoms with E-state index in [0.29, 0.717) is 5.15 Å². The van der Waals surface area contributed by atoms with Gasteiger partial charge < -0.3 is 9.64 Å². The number of aromatic nitrogens is 1. The standard InChI is InChI=1S/C13H13ClN2O/c1-16(13-9-5-8-12(14)15-13)10-6-3-4-7-11(10)17-2/h3-9H,1-2H3. The van der Waals surface area contributed by atoms with E-state index in [1.54, 1.807) is 13.2 Å². The van der Waals surface area contributed by atoms with Gasteiger partial charge in [-0.3, -0.25) is 0 Å².